The van der Waals surface area contributed by atoms with Gasteiger partial charge >= 0.3 is 0 Å². The minimum atomic E-state index is -0.246. The van der Waals surface area contributed by atoms with Crippen molar-refractivity contribution < 1.29 is 4.39 Å². The maximum atomic E-state index is 13.2. The highest BCUT2D eigenvalue weighted by molar-refractivity contribution is 5.96. The summed E-state index contributed by atoms with van der Waals surface area (Å²) in [6.07, 6.45) is 2.32. The molecule has 1 aromatic carbocycles. The number of nitrogens with one attached hydrogen (secondary N) is 1. The Morgan fingerprint density at radius 2 is 2.14 bits per heavy atom. The molecule has 0 amide bonds. The van der Waals surface area contributed by atoms with Gasteiger partial charge in [0.1, 0.15) is 11.7 Å². The van der Waals surface area contributed by atoms with E-state index < -0.39 is 0 Å². The summed E-state index contributed by atoms with van der Waals surface area (Å²) in [6, 6.07) is 4.64. The number of amidine groups is 1. The second kappa shape index (κ2) is 7.31. The summed E-state index contributed by atoms with van der Waals surface area (Å²) >= 11 is 0. The largest absolute Gasteiger partial charge is 0.317 e. The maximum absolute atomic E-state index is 13.2. The van der Waals surface area contributed by atoms with Crippen LogP contribution < -0.4 is 10.3 Å². The molecule has 1 aliphatic heterocycles. The first-order valence-corrected chi connectivity index (χ1v) is 7.36. The molecule has 1 aromatic rings. The summed E-state index contributed by atoms with van der Waals surface area (Å²) < 4.78 is 13.2. The lowest BCUT2D eigenvalue weighted by atomic mass is 9.98. The van der Waals surface area contributed by atoms with Crippen molar-refractivity contribution >= 4 is 18.2 Å². The third-order valence-electron chi connectivity index (χ3n) is 3.87. The lowest BCUT2D eigenvalue weighted by Gasteiger charge is -2.23. The van der Waals surface area contributed by atoms with Crippen molar-refractivity contribution in [2.45, 2.75) is 26.7 Å². The summed E-state index contributed by atoms with van der Waals surface area (Å²) in [5, 5.41) is 9.06. The number of aryl methyl sites for hydroxylation is 1. The van der Waals surface area contributed by atoms with Gasteiger partial charge in [0, 0.05) is 13.3 Å². The van der Waals surface area contributed by atoms with Crippen molar-refractivity contribution in [2.75, 3.05) is 24.6 Å². The van der Waals surface area contributed by atoms with Crippen LogP contribution in [0.25, 0.3) is 0 Å². The Kier molecular flexibility index (Phi) is 5.44. The van der Waals surface area contributed by atoms with Crippen LogP contribution in [0.15, 0.2) is 28.3 Å². The quantitative estimate of drug-likeness (QED) is 0.526. The zero-order chi connectivity index (χ0) is 15.2. The first-order chi connectivity index (χ1) is 10.1. The molecule has 1 N–H and O–H groups in total. The molecule has 0 radical (unpaired) electrons. The molecule has 0 atom stereocenters. The first-order valence-electron chi connectivity index (χ1n) is 7.36. The number of benzene rings is 1. The van der Waals surface area contributed by atoms with Crippen LogP contribution in [-0.2, 0) is 0 Å². The third kappa shape index (κ3) is 4.11. The van der Waals surface area contributed by atoms with E-state index in [1.54, 1.807) is 11.1 Å². The van der Waals surface area contributed by atoms with E-state index in [-0.39, 0.29) is 5.82 Å². The minimum Gasteiger partial charge on any atom is -0.317 e. The normalized spacial score (nSPS) is 16.8. The standard InChI is InChI=1S/C16H23FN4/c1-12-10-15(17)4-5-16(12)21(18-3)13(2)20-11-14-6-8-19-9-7-14/h4-5,10,14,19H,3,6-9,11H2,1-2H3. The van der Waals surface area contributed by atoms with Gasteiger partial charge in [-0.1, -0.05) is 0 Å². The van der Waals surface area contributed by atoms with Crippen LogP contribution in [0.2, 0.25) is 0 Å². The van der Waals surface area contributed by atoms with Gasteiger partial charge in [-0.05, 0) is 69.5 Å². The van der Waals surface area contributed by atoms with Gasteiger partial charge < -0.3 is 5.32 Å². The molecular formula is C16H23FN4. The van der Waals surface area contributed by atoms with E-state index in [2.05, 4.69) is 22.1 Å². The Hall–Kier alpha value is -1.75. The number of hydrazone groups is 1. The van der Waals surface area contributed by atoms with Crippen molar-refractivity contribution in [1.29, 1.82) is 0 Å². The Morgan fingerprint density at radius 3 is 2.76 bits per heavy atom. The van der Waals surface area contributed by atoms with E-state index in [1.165, 1.54) is 12.1 Å². The molecular weight excluding hydrogens is 267 g/mol. The molecule has 1 heterocycles. The van der Waals surface area contributed by atoms with Crippen LogP contribution >= 0.6 is 0 Å². The summed E-state index contributed by atoms with van der Waals surface area (Å²) in [5.74, 6) is 1.17. The number of halogens is 1. The molecule has 0 aliphatic carbocycles. The van der Waals surface area contributed by atoms with Gasteiger partial charge in [-0.25, -0.2) is 9.40 Å². The predicted molar refractivity (Wildman–Crippen MR) is 86.7 cm³/mol. The number of hydrogen-bond donors (Lipinski definition) is 1. The van der Waals surface area contributed by atoms with Gasteiger partial charge in [-0.15, -0.1) is 0 Å². The van der Waals surface area contributed by atoms with E-state index in [1.807, 2.05) is 13.8 Å². The molecule has 5 heteroatoms. The van der Waals surface area contributed by atoms with E-state index in [4.69, 9.17) is 0 Å². The van der Waals surface area contributed by atoms with Crippen LogP contribution in [-0.4, -0.2) is 32.2 Å². The number of nitrogens with zero attached hydrogens (tertiary/aromatic N) is 3. The minimum absolute atomic E-state index is 0.246. The van der Waals surface area contributed by atoms with E-state index >= 15 is 0 Å². The summed E-state index contributed by atoms with van der Waals surface area (Å²) in [6.45, 7) is 10.3. The Labute approximate surface area is 125 Å². The van der Waals surface area contributed by atoms with Gasteiger partial charge in [0.25, 0.3) is 0 Å². The fourth-order valence-electron chi connectivity index (χ4n) is 2.60. The molecule has 114 valence electrons. The SMILES string of the molecule is C=NN(C(C)=NCC1CCNCC1)c1ccc(F)cc1C. The van der Waals surface area contributed by atoms with Crippen molar-refractivity contribution in [1.82, 2.24) is 5.32 Å². The molecule has 1 aliphatic rings. The zero-order valence-corrected chi connectivity index (χ0v) is 12.8. The second-order valence-corrected chi connectivity index (χ2v) is 5.47. The highest BCUT2D eigenvalue weighted by Crippen LogP contribution is 2.22. The maximum Gasteiger partial charge on any atom is 0.123 e. The summed E-state index contributed by atoms with van der Waals surface area (Å²) in [7, 11) is 0. The lowest BCUT2D eigenvalue weighted by Crippen LogP contribution is -2.30. The summed E-state index contributed by atoms with van der Waals surface area (Å²) in [5.41, 5.74) is 1.64. The van der Waals surface area contributed by atoms with Crippen LogP contribution in [0.5, 0.6) is 0 Å². The van der Waals surface area contributed by atoms with Gasteiger partial charge in [0.15, 0.2) is 0 Å². The molecule has 2 rings (SSSR count). The van der Waals surface area contributed by atoms with Crippen molar-refractivity contribution in [2.24, 2.45) is 16.0 Å². The van der Waals surface area contributed by atoms with E-state index in [9.17, 15) is 4.39 Å². The van der Waals surface area contributed by atoms with Crippen molar-refractivity contribution in [3.8, 4) is 0 Å². The molecule has 0 bridgehead atoms. The first kappa shape index (κ1) is 15.6. The monoisotopic (exact) mass is 290 g/mol. The number of anilines is 1. The number of rotatable bonds is 4. The zero-order valence-electron chi connectivity index (χ0n) is 12.8. The topological polar surface area (TPSA) is 40.0 Å². The highest BCUT2D eigenvalue weighted by Gasteiger charge is 2.14. The van der Waals surface area contributed by atoms with Crippen LogP contribution in [0.1, 0.15) is 25.3 Å². The second-order valence-electron chi connectivity index (χ2n) is 5.47. The molecule has 21 heavy (non-hydrogen) atoms. The number of hydrogen-bond acceptors (Lipinski definition) is 3. The molecule has 0 spiro atoms. The van der Waals surface area contributed by atoms with E-state index in [0.29, 0.717) is 5.92 Å². The number of piperidine rings is 1. The predicted octanol–water partition coefficient (Wildman–Crippen LogP) is 2.97. The van der Waals surface area contributed by atoms with Crippen molar-refractivity contribution in [3.05, 3.63) is 29.6 Å². The smallest absolute Gasteiger partial charge is 0.123 e. The average molecular weight is 290 g/mol. The molecule has 0 aromatic heterocycles. The van der Waals surface area contributed by atoms with Gasteiger partial charge in [0.05, 0.1) is 5.69 Å². The van der Waals surface area contributed by atoms with Crippen LogP contribution in [0, 0.1) is 18.7 Å². The Bertz CT molecular complexity index is 521. The fourth-order valence-corrected chi connectivity index (χ4v) is 2.60. The van der Waals surface area contributed by atoms with Crippen LogP contribution in [0.3, 0.4) is 0 Å². The average Bonchev–Trinajstić information content (AvgIpc) is 2.49. The lowest BCUT2D eigenvalue weighted by molar-refractivity contribution is 0.383. The molecule has 1 saturated heterocycles. The third-order valence-corrected chi connectivity index (χ3v) is 3.87. The van der Waals surface area contributed by atoms with Crippen molar-refractivity contribution in [3.63, 3.8) is 0 Å². The highest BCUT2D eigenvalue weighted by atomic mass is 19.1. The van der Waals surface area contributed by atoms with Gasteiger partial charge in [-0.2, -0.15) is 5.10 Å². The number of aliphatic imine (C=N–C) groups is 1. The van der Waals surface area contributed by atoms with E-state index in [0.717, 1.165) is 49.6 Å². The molecule has 0 unspecified atom stereocenters. The van der Waals surface area contributed by atoms with Gasteiger partial charge in [0.2, 0.25) is 0 Å². The van der Waals surface area contributed by atoms with Gasteiger partial charge in [-0.3, -0.25) is 4.99 Å². The molecule has 0 saturated carbocycles. The molecule has 1 fully saturated rings. The Morgan fingerprint density at radius 1 is 1.43 bits per heavy atom. The van der Waals surface area contributed by atoms with Crippen LogP contribution in [0.4, 0.5) is 10.1 Å². The Balaban J connectivity index is 2.10. The fraction of sp³-hybridized carbons (Fsp3) is 0.500. The molecule has 4 nitrogen and oxygen atoms in total. The summed E-state index contributed by atoms with van der Waals surface area (Å²) in [4.78, 5) is 4.65.